The maximum Gasteiger partial charge on any atom is 0.256 e. The van der Waals surface area contributed by atoms with Crippen molar-refractivity contribution in [3.63, 3.8) is 0 Å². The minimum atomic E-state index is -0.454. The maximum atomic E-state index is 13.6. The van der Waals surface area contributed by atoms with Gasteiger partial charge in [0.05, 0.1) is 16.6 Å². The summed E-state index contributed by atoms with van der Waals surface area (Å²) in [6.07, 6.45) is 0. The number of fused-ring (bicyclic) bond motifs is 1. The van der Waals surface area contributed by atoms with Crippen LogP contribution in [0.5, 0.6) is 0 Å². The molecule has 4 nitrogen and oxygen atoms in total. The van der Waals surface area contributed by atoms with Crippen molar-refractivity contribution >= 4 is 61.0 Å². The average molecular weight is 535 g/mol. The van der Waals surface area contributed by atoms with E-state index >= 15 is 0 Å². The SMILES string of the molecule is O=C1CN(C(=O)c2cc(Br)ccc2Cl)C(c2ccccc2)c2cc(Br)ccc2N1. The highest BCUT2D eigenvalue weighted by atomic mass is 79.9. The number of anilines is 1. The largest absolute Gasteiger partial charge is 0.324 e. The number of halogens is 3. The third kappa shape index (κ3) is 4.10. The number of amides is 2. The molecule has 0 aromatic heterocycles. The predicted octanol–water partition coefficient (Wildman–Crippen LogP) is 6.05. The van der Waals surface area contributed by atoms with Crippen LogP contribution < -0.4 is 5.32 Å². The lowest BCUT2D eigenvalue weighted by Gasteiger charge is -2.31. The van der Waals surface area contributed by atoms with E-state index in [9.17, 15) is 9.59 Å². The minimum Gasteiger partial charge on any atom is -0.324 e. The normalized spacial score (nSPS) is 16.0. The maximum absolute atomic E-state index is 13.6. The molecular formula is C22H15Br2ClN2O2. The number of hydrogen-bond donors (Lipinski definition) is 1. The second-order valence-corrected chi connectivity index (χ2v) is 8.89. The van der Waals surface area contributed by atoms with Gasteiger partial charge in [-0.15, -0.1) is 0 Å². The minimum absolute atomic E-state index is 0.0897. The number of nitrogens with one attached hydrogen (secondary N) is 1. The van der Waals surface area contributed by atoms with Gasteiger partial charge in [0.25, 0.3) is 5.91 Å². The molecule has 7 heteroatoms. The first kappa shape index (κ1) is 20.1. The monoisotopic (exact) mass is 532 g/mol. The fraction of sp³-hybridized carbons (Fsp3) is 0.0909. The summed E-state index contributed by atoms with van der Waals surface area (Å²) in [5.74, 6) is -0.570. The molecule has 0 radical (unpaired) electrons. The van der Waals surface area contributed by atoms with Gasteiger partial charge in [-0.2, -0.15) is 0 Å². The molecule has 146 valence electrons. The van der Waals surface area contributed by atoms with Gasteiger partial charge >= 0.3 is 0 Å². The lowest BCUT2D eigenvalue weighted by Crippen LogP contribution is -2.39. The van der Waals surface area contributed by atoms with Crippen molar-refractivity contribution in [2.45, 2.75) is 6.04 Å². The van der Waals surface area contributed by atoms with Crippen LogP contribution in [0.15, 0.2) is 75.7 Å². The number of rotatable bonds is 2. The molecule has 0 fully saturated rings. The Balaban J connectivity index is 1.91. The lowest BCUT2D eigenvalue weighted by molar-refractivity contribution is -0.117. The second kappa shape index (κ2) is 8.30. The summed E-state index contributed by atoms with van der Waals surface area (Å²) in [7, 11) is 0. The van der Waals surface area contributed by atoms with Crippen molar-refractivity contribution in [3.8, 4) is 0 Å². The van der Waals surface area contributed by atoms with Crippen molar-refractivity contribution in [1.82, 2.24) is 4.90 Å². The Morgan fingerprint density at radius 1 is 1.00 bits per heavy atom. The summed E-state index contributed by atoms with van der Waals surface area (Å²) < 4.78 is 1.60. The molecule has 3 aromatic carbocycles. The molecular weight excluding hydrogens is 520 g/mol. The van der Waals surface area contributed by atoms with E-state index < -0.39 is 6.04 Å². The Morgan fingerprint density at radius 3 is 2.45 bits per heavy atom. The van der Waals surface area contributed by atoms with Gasteiger partial charge in [-0.25, -0.2) is 0 Å². The quantitative estimate of drug-likeness (QED) is 0.435. The van der Waals surface area contributed by atoms with E-state index in [-0.39, 0.29) is 18.4 Å². The van der Waals surface area contributed by atoms with Gasteiger partial charge in [0.2, 0.25) is 5.91 Å². The Bertz CT molecular complexity index is 1110. The summed E-state index contributed by atoms with van der Waals surface area (Å²) in [4.78, 5) is 27.8. The lowest BCUT2D eigenvalue weighted by atomic mass is 9.95. The molecule has 0 bridgehead atoms. The van der Waals surface area contributed by atoms with Crippen LogP contribution in [0.1, 0.15) is 27.5 Å². The molecule has 4 rings (SSSR count). The van der Waals surface area contributed by atoms with Gasteiger partial charge in [-0.05, 0) is 42.0 Å². The van der Waals surface area contributed by atoms with Gasteiger partial charge in [0, 0.05) is 20.2 Å². The van der Waals surface area contributed by atoms with Crippen molar-refractivity contribution in [2.75, 3.05) is 11.9 Å². The number of benzene rings is 3. The van der Waals surface area contributed by atoms with Gasteiger partial charge in [-0.1, -0.05) is 73.8 Å². The summed E-state index contributed by atoms with van der Waals surface area (Å²) >= 11 is 13.2. The summed E-state index contributed by atoms with van der Waals surface area (Å²) in [6.45, 7) is -0.0897. The van der Waals surface area contributed by atoms with Gasteiger partial charge in [0.15, 0.2) is 0 Å². The second-order valence-electron chi connectivity index (χ2n) is 6.65. The van der Waals surface area contributed by atoms with E-state index in [0.29, 0.717) is 16.3 Å². The zero-order valence-corrected chi connectivity index (χ0v) is 19.0. The third-order valence-corrected chi connectivity index (χ3v) is 6.06. The molecule has 0 aliphatic carbocycles. The molecule has 0 saturated heterocycles. The van der Waals surface area contributed by atoms with E-state index in [4.69, 9.17) is 11.6 Å². The highest BCUT2D eigenvalue weighted by Gasteiger charge is 2.34. The summed E-state index contributed by atoms with van der Waals surface area (Å²) in [5, 5.41) is 3.25. The Morgan fingerprint density at radius 2 is 1.69 bits per heavy atom. The Labute approximate surface area is 190 Å². The van der Waals surface area contributed by atoms with Crippen molar-refractivity contribution < 1.29 is 9.59 Å². The van der Waals surface area contributed by atoms with E-state index in [0.717, 1.165) is 20.1 Å². The molecule has 1 atom stereocenters. The van der Waals surface area contributed by atoms with Crippen LogP contribution in [-0.2, 0) is 4.79 Å². The number of carbonyl (C=O) groups excluding carboxylic acids is 2. The molecule has 1 N–H and O–H groups in total. The first-order chi connectivity index (χ1) is 13.9. The molecule has 2 amide bonds. The third-order valence-electron chi connectivity index (χ3n) is 4.74. The molecule has 0 spiro atoms. The fourth-order valence-corrected chi connectivity index (χ4v) is 4.42. The Hall–Kier alpha value is -2.15. The first-order valence-corrected chi connectivity index (χ1v) is 10.8. The van der Waals surface area contributed by atoms with Crippen molar-refractivity contribution in [2.24, 2.45) is 0 Å². The number of nitrogens with zero attached hydrogens (tertiary/aromatic N) is 1. The van der Waals surface area contributed by atoms with E-state index in [1.165, 1.54) is 0 Å². The zero-order valence-electron chi connectivity index (χ0n) is 15.0. The number of hydrogen-bond acceptors (Lipinski definition) is 2. The molecule has 1 heterocycles. The van der Waals surface area contributed by atoms with E-state index in [1.54, 1.807) is 23.1 Å². The van der Waals surface area contributed by atoms with Crippen molar-refractivity contribution in [3.05, 3.63) is 97.4 Å². The Kier molecular flexibility index (Phi) is 5.76. The van der Waals surface area contributed by atoms with Crippen LogP contribution in [0.25, 0.3) is 0 Å². The zero-order chi connectivity index (χ0) is 20.5. The molecule has 1 aliphatic rings. The van der Waals surface area contributed by atoms with Crippen LogP contribution in [0.2, 0.25) is 5.02 Å². The smallest absolute Gasteiger partial charge is 0.256 e. The van der Waals surface area contributed by atoms with E-state index in [2.05, 4.69) is 37.2 Å². The fourth-order valence-electron chi connectivity index (χ4n) is 3.48. The average Bonchev–Trinajstić information content (AvgIpc) is 2.85. The van der Waals surface area contributed by atoms with Crippen molar-refractivity contribution in [1.29, 1.82) is 0 Å². The van der Waals surface area contributed by atoms with Gasteiger partial charge < -0.3 is 10.2 Å². The predicted molar refractivity (Wildman–Crippen MR) is 121 cm³/mol. The topological polar surface area (TPSA) is 49.4 Å². The van der Waals surface area contributed by atoms with Crippen LogP contribution in [0, 0.1) is 0 Å². The molecule has 29 heavy (non-hydrogen) atoms. The van der Waals surface area contributed by atoms with Crippen LogP contribution in [0.3, 0.4) is 0 Å². The molecule has 1 unspecified atom stereocenters. The molecule has 0 saturated carbocycles. The molecule has 3 aromatic rings. The van der Waals surface area contributed by atoms with Crippen LogP contribution >= 0.6 is 43.5 Å². The first-order valence-electron chi connectivity index (χ1n) is 8.84. The van der Waals surface area contributed by atoms with E-state index in [1.807, 2.05) is 48.5 Å². The standard InChI is InChI=1S/C22H15Br2ClN2O2/c23-14-6-8-18(25)16(10-14)22(29)27-12-20(28)26-19-9-7-15(24)11-17(19)21(27)13-4-2-1-3-5-13/h1-11,21H,12H2,(H,26,28). The van der Waals surface area contributed by atoms with Gasteiger partial charge in [-0.3, -0.25) is 9.59 Å². The number of carbonyl (C=O) groups is 2. The highest BCUT2D eigenvalue weighted by molar-refractivity contribution is 9.10. The van der Waals surface area contributed by atoms with Crippen LogP contribution in [0.4, 0.5) is 5.69 Å². The summed E-state index contributed by atoms with van der Waals surface area (Å²) in [6, 6.07) is 20.0. The van der Waals surface area contributed by atoms with Crippen LogP contribution in [-0.4, -0.2) is 23.3 Å². The summed E-state index contributed by atoms with van der Waals surface area (Å²) in [5.41, 5.74) is 2.76. The molecule has 1 aliphatic heterocycles. The highest BCUT2D eigenvalue weighted by Crippen LogP contribution is 2.38. The van der Waals surface area contributed by atoms with Gasteiger partial charge in [0.1, 0.15) is 6.54 Å².